The molecule has 1 aliphatic heterocycles. The Labute approximate surface area is 106 Å². The summed E-state index contributed by atoms with van der Waals surface area (Å²) < 4.78 is 0. The van der Waals surface area contributed by atoms with Gasteiger partial charge >= 0.3 is 0 Å². The maximum atomic E-state index is 3.62. The SMILES string of the molecule is CCNC1CCN(CC2(C3CC3)CC2)C(C)C1. The predicted octanol–water partition coefficient (Wildman–Crippen LogP) is 2.64. The van der Waals surface area contributed by atoms with E-state index in [0.717, 1.165) is 30.0 Å². The van der Waals surface area contributed by atoms with Crippen LogP contribution in [0, 0.1) is 11.3 Å². The molecule has 2 saturated carbocycles. The molecule has 1 heterocycles. The van der Waals surface area contributed by atoms with Crippen molar-refractivity contribution < 1.29 is 0 Å². The van der Waals surface area contributed by atoms with Crippen LogP contribution in [0.3, 0.4) is 0 Å². The molecule has 17 heavy (non-hydrogen) atoms. The number of piperidine rings is 1. The van der Waals surface area contributed by atoms with Crippen LogP contribution in [-0.2, 0) is 0 Å². The fourth-order valence-corrected chi connectivity index (χ4v) is 3.89. The fraction of sp³-hybridized carbons (Fsp3) is 1.00. The molecule has 98 valence electrons. The first kappa shape index (κ1) is 12.0. The lowest BCUT2D eigenvalue weighted by Crippen LogP contribution is -2.49. The molecule has 0 aromatic carbocycles. The summed E-state index contributed by atoms with van der Waals surface area (Å²) in [6, 6.07) is 1.58. The Balaban J connectivity index is 1.51. The summed E-state index contributed by atoms with van der Waals surface area (Å²) in [7, 11) is 0. The molecule has 2 atom stereocenters. The minimum atomic E-state index is 0.780. The van der Waals surface area contributed by atoms with Gasteiger partial charge < -0.3 is 5.32 Å². The first-order valence-electron chi connectivity index (χ1n) is 7.71. The first-order chi connectivity index (χ1) is 8.23. The third kappa shape index (κ3) is 2.53. The van der Waals surface area contributed by atoms with E-state index >= 15 is 0 Å². The molecule has 2 nitrogen and oxygen atoms in total. The zero-order chi connectivity index (χ0) is 11.9. The molecule has 2 unspecified atom stereocenters. The average molecular weight is 236 g/mol. The number of nitrogens with one attached hydrogen (secondary N) is 1. The van der Waals surface area contributed by atoms with Crippen molar-refractivity contribution >= 4 is 0 Å². The average Bonchev–Trinajstić information content (AvgIpc) is 3.14. The van der Waals surface area contributed by atoms with Gasteiger partial charge in [-0.1, -0.05) is 6.92 Å². The molecule has 0 amide bonds. The van der Waals surface area contributed by atoms with Gasteiger partial charge in [0.2, 0.25) is 0 Å². The summed E-state index contributed by atoms with van der Waals surface area (Å²) in [6.45, 7) is 8.53. The van der Waals surface area contributed by atoms with Crippen LogP contribution < -0.4 is 5.32 Å². The number of rotatable bonds is 5. The van der Waals surface area contributed by atoms with E-state index in [1.807, 2.05) is 0 Å². The Bertz CT molecular complexity index is 268. The second kappa shape index (κ2) is 4.55. The van der Waals surface area contributed by atoms with Gasteiger partial charge in [-0.15, -0.1) is 0 Å². The van der Waals surface area contributed by atoms with E-state index in [4.69, 9.17) is 0 Å². The van der Waals surface area contributed by atoms with Crippen molar-refractivity contribution in [2.45, 2.75) is 64.5 Å². The van der Waals surface area contributed by atoms with Gasteiger partial charge in [-0.2, -0.15) is 0 Å². The Morgan fingerprint density at radius 1 is 1.24 bits per heavy atom. The van der Waals surface area contributed by atoms with Crippen molar-refractivity contribution in [1.29, 1.82) is 0 Å². The summed E-state index contributed by atoms with van der Waals surface area (Å²) in [6.07, 6.45) is 8.83. The number of hydrogen-bond donors (Lipinski definition) is 1. The van der Waals surface area contributed by atoms with E-state index < -0.39 is 0 Å². The molecule has 3 aliphatic rings. The van der Waals surface area contributed by atoms with Gasteiger partial charge in [-0.3, -0.25) is 4.90 Å². The van der Waals surface area contributed by atoms with Gasteiger partial charge in [-0.05, 0) is 69.9 Å². The van der Waals surface area contributed by atoms with E-state index in [1.54, 1.807) is 0 Å². The monoisotopic (exact) mass is 236 g/mol. The van der Waals surface area contributed by atoms with Crippen LogP contribution in [0.25, 0.3) is 0 Å². The van der Waals surface area contributed by atoms with Crippen molar-refractivity contribution in [3.05, 3.63) is 0 Å². The molecule has 0 spiro atoms. The lowest BCUT2D eigenvalue weighted by molar-refractivity contribution is 0.104. The molecule has 2 heteroatoms. The Morgan fingerprint density at radius 2 is 2.00 bits per heavy atom. The van der Waals surface area contributed by atoms with E-state index in [2.05, 4.69) is 24.1 Å². The quantitative estimate of drug-likeness (QED) is 0.789. The second-order valence-corrected chi connectivity index (χ2v) is 6.74. The van der Waals surface area contributed by atoms with Gasteiger partial charge in [0.15, 0.2) is 0 Å². The zero-order valence-electron chi connectivity index (χ0n) is 11.5. The van der Waals surface area contributed by atoms with Crippen molar-refractivity contribution in [2.75, 3.05) is 19.6 Å². The van der Waals surface area contributed by atoms with Crippen molar-refractivity contribution in [3.8, 4) is 0 Å². The maximum absolute atomic E-state index is 3.62. The molecule has 1 N–H and O–H groups in total. The van der Waals surface area contributed by atoms with Crippen LogP contribution in [0.5, 0.6) is 0 Å². The normalized spacial score (nSPS) is 37.1. The highest BCUT2D eigenvalue weighted by Crippen LogP contribution is 2.61. The molecule has 0 bridgehead atoms. The molecular formula is C15H28N2. The zero-order valence-corrected chi connectivity index (χ0v) is 11.5. The summed E-state index contributed by atoms with van der Waals surface area (Å²) in [5, 5.41) is 3.62. The van der Waals surface area contributed by atoms with E-state index in [9.17, 15) is 0 Å². The second-order valence-electron chi connectivity index (χ2n) is 6.74. The van der Waals surface area contributed by atoms with Crippen LogP contribution >= 0.6 is 0 Å². The van der Waals surface area contributed by atoms with Gasteiger partial charge in [0, 0.05) is 18.6 Å². The van der Waals surface area contributed by atoms with Gasteiger partial charge in [0.1, 0.15) is 0 Å². The number of likely N-dealkylation sites (tertiary alicyclic amines) is 1. The minimum Gasteiger partial charge on any atom is -0.314 e. The molecule has 0 aromatic rings. The summed E-state index contributed by atoms with van der Waals surface area (Å²) in [5.41, 5.74) is 0.791. The lowest BCUT2D eigenvalue weighted by atomic mass is 9.93. The summed E-state index contributed by atoms with van der Waals surface area (Å²) in [4.78, 5) is 2.79. The fourth-order valence-electron chi connectivity index (χ4n) is 3.89. The van der Waals surface area contributed by atoms with Gasteiger partial charge in [-0.25, -0.2) is 0 Å². The van der Waals surface area contributed by atoms with Gasteiger partial charge in [0.05, 0.1) is 0 Å². The summed E-state index contributed by atoms with van der Waals surface area (Å²) >= 11 is 0. The number of hydrogen-bond acceptors (Lipinski definition) is 2. The highest BCUT2D eigenvalue weighted by Gasteiger charge is 2.54. The Morgan fingerprint density at radius 3 is 2.53 bits per heavy atom. The molecule has 1 saturated heterocycles. The molecule has 0 radical (unpaired) electrons. The Kier molecular flexibility index (Phi) is 3.20. The highest BCUT2D eigenvalue weighted by molar-refractivity contribution is 5.06. The van der Waals surface area contributed by atoms with E-state index in [0.29, 0.717) is 0 Å². The molecule has 3 fully saturated rings. The predicted molar refractivity (Wildman–Crippen MR) is 72.1 cm³/mol. The molecule has 2 aliphatic carbocycles. The van der Waals surface area contributed by atoms with Crippen molar-refractivity contribution in [3.63, 3.8) is 0 Å². The topological polar surface area (TPSA) is 15.3 Å². The first-order valence-corrected chi connectivity index (χ1v) is 7.71. The van der Waals surface area contributed by atoms with Crippen LogP contribution in [-0.4, -0.2) is 36.6 Å². The van der Waals surface area contributed by atoms with Crippen LogP contribution in [0.2, 0.25) is 0 Å². The van der Waals surface area contributed by atoms with Crippen LogP contribution in [0.15, 0.2) is 0 Å². The van der Waals surface area contributed by atoms with Crippen molar-refractivity contribution in [1.82, 2.24) is 10.2 Å². The molecular weight excluding hydrogens is 208 g/mol. The number of nitrogens with zero attached hydrogens (tertiary/aromatic N) is 1. The van der Waals surface area contributed by atoms with Crippen LogP contribution in [0.1, 0.15) is 52.4 Å². The van der Waals surface area contributed by atoms with Crippen molar-refractivity contribution in [2.24, 2.45) is 11.3 Å². The third-order valence-electron chi connectivity index (χ3n) is 5.36. The largest absolute Gasteiger partial charge is 0.314 e. The summed E-state index contributed by atoms with van der Waals surface area (Å²) in [5.74, 6) is 1.11. The van der Waals surface area contributed by atoms with E-state index in [1.165, 1.54) is 51.6 Å². The maximum Gasteiger partial charge on any atom is 0.00939 e. The Hall–Kier alpha value is -0.0800. The lowest BCUT2D eigenvalue weighted by Gasteiger charge is -2.40. The van der Waals surface area contributed by atoms with Gasteiger partial charge in [0.25, 0.3) is 0 Å². The molecule has 0 aromatic heterocycles. The minimum absolute atomic E-state index is 0.780. The standard InChI is InChI=1S/C15H28N2/c1-3-16-14-6-9-17(12(2)10-14)11-15(7-8-15)13-4-5-13/h12-14,16H,3-11H2,1-2H3. The molecule has 3 rings (SSSR count). The third-order valence-corrected chi connectivity index (χ3v) is 5.36. The smallest absolute Gasteiger partial charge is 0.00939 e. The van der Waals surface area contributed by atoms with E-state index in [-0.39, 0.29) is 0 Å². The van der Waals surface area contributed by atoms with Crippen LogP contribution in [0.4, 0.5) is 0 Å². The highest BCUT2D eigenvalue weighted by atomic mass is 15.2.